The summed E-state index contributed by atoms with van der Waals surface area (Å²) in [5, 5.41) is 0. The van der Waals surface area contributed by atoms with Gasteiger partial charge >= 0.3 is 37.7 Å². The Morgan fingerprint density at radius 3 is 1.00 bits per heavy atom. The molecule has 0 aromatic heterocycles. The van der Waals surface area contributed by atoms with Crippen LogP contribution in [0.5, 0.6) is 0 Å². The van der Waals surface area contributed by atoms with Gasteiger partial charge in [0.2, 0.25) is 0 Å². The van der Waals surface area contributed by atoms with Gasteiger partial charge in [-0.3, -0.25) is 3.95 Å². The molecule has 0 spiro atoms. The molecule has 0 unspecified atom stereocenters. The first-order chi connectivity index (χ1) is 1.00. The fraction of sp³-hybridized carbons (Fsp3) is 0. The minimum Gasteiger partial charge on any atom is -0.275 e. The van der Waals surface area contributed by atoms with E-state index in [0.717, 1.165) is 0 Å². The Morgan fingerprint density at radius 1 is 1.00 bits per heavy atom. The summed E-state index contributed by atoms with van der Waals surface area (Å²) in [7, 11) is 0. The maximum Gasteiger partial charge on any atom is 1.00 e. The van der Waals surface area contributed by atoms with Crippen molar-refractivity contribution in [3.63, 3.8) is 0 Å². The van der Waals surface area contributed by atoms with E-state index >= 15 is 0 Å². The quantitative estimate of drug-likeness (QED) is 0.211. The summed E-state index contributed by atoms with van der Waals surface area (Å²) in [5.41, 5.74) is 0. The molecule has 4 heteroatoms. The van der Waals surface area contributed by atoms with E-state index in [0.29, 0.717) is 0 Å². The van der Waals surface area contributed by atoms with Gasteiger partial charge in [-0.15, -0.1) is 0 Å². The van der Waals surface area contributed by atoms with Crippen LogP contribution in [-0.4, -0.2) is 0 Å². The van der Waals surface area contributed by atoms with Crippen LogP contribution in [0.15, 0.2) is 0 Å². The number of halogens is 1. The molecule has 0 aliphatic rings. The molecule has 14 valence electrons. The zero-order valence-electron chi connectivity index (χ0n) is 2.96. The van der Waals surface area contributed by atoms with E-state index in [2.05, 4.69) is 3.95 Å². The van der Waals surface area contributed by atoms with Crippen molar-refractivity contribution in [1.29, 1.82) is 0 Å². The predicted molar refractivity (Wildman–Crippen MR) is 18.2 cm³/mol. The van der Waals surface area contributed by atoms with Crippen molar-refractivity contribution >= 4 is 22.9 Å². The number of hydrogen-bond donors (Lipinski definition) is 1. The second kappa shape index (κ2) is 20.8. The normalized spacial score (nSPS) is 1.50. The second-order valence-corrected chi connectivity index (χ2v) is 0. The minimum atomic E-state index is 0. The molecule has 0 saturated heterocycles. The van der Waals surface area contributed by atoms with Gasteiger partial charge in [-0.2, -0.15) is 0 Å². The number of hydrogen-bond acceptors (Lipinski definition) is 1. The Hall–Kier alpha value is 1.88. The zero-order valence-corrected chi connectivity index (χ0v) is 5.11. The van der Waals surface area contributed by atoms with Crippen LogP contribution in [0.1, 0.15) is 0 Å². The van der Waals surface area contributed by atoms with Crippen LogP contribution in [0.2, 0.25) is 0 Å². The summed E-state index contributed by atoms with van der Waals surface area (Å²) in [6.07, 6.45) is 0. The summed E-state index contributed by atoms with van der Waals surface area (Å²) in [4.78, 5) is 0. The molecular weight excluding hydrogens is 155 g/mol. The van der Waals surface area contributed by atoms with Crippen LogP contribution >= 0.6 is 22.9 Å². The predicted octanol–water partition coefficient (Wildman–Crippen LogP) is -5.70. The third kappa shape index (κ3) is 9.10. The molecule has 0 heterocycles. The van der Waals surface area contributed by atoms with Gasteiger partial charge in [-0.25, -0.2) is 0 Å². The first-order valence-corrected chi connectivity index (χ1v) is 1.46. The average molecular weight is 157 g/mol. The van der Waals surface area contributed by atoms with Crippen molar-refractivity contribution in [1.82, 2.24) is 0 Å². The Labute approximate surface area is 63.9 Å². The van der Waals surface area contributed by atoms with Crippen molar-refractivity contribution in [3.8, 4) is 0 Å². The molecule has 0 radical (unpaired) electrons. The molecule has 0 rings (SSSR count). The monoisotopic (exact) mass is 157 g/mol. The van der Waals surface area contributed by atoms with Crippen molar-refractivity contribution in [3.05, 3.63) is 0 Å². The van der Waals surface area contributed by atoms with E-state index in [1.807, 2.05) is 0 Å². The number of nitrogens with two attached hydrogens (primary N) is 1. The molecule has 0 aliphatic carbocycles. The van der Waals surface area contributed by atoms with Crippen molar-refractivity contribution < 1.29 is 37.7 Å². The van der Waals surface area contributed by atoms with Gasteiger partial charge < -0.3 is 0 Å². The molecule has 0 atom stereocenters. The van der Waals surface area contributed by atoms with Crippen LogP contribution < -0.4 is 41.7 Å². The van der Waals surface area contributed by atoms with Crippen molar-refractivity contribution in [2.24, 2.45) is 3.95 Å². The summed E-state index contributed by atoms with van der Waals surface area (Å²) >= 11 is 1.65. The maximum atomic E-state index is 4.47. The van der Waals surface area contributed by atoms with Gasteiger partial charge in [0.15, 0.2) is 0 Å². The van der Waals surface area contributed by atoms with Gasteiger partial charge in [0.1, 0.15) is 0 Å². The van der Waals surface area contributed by atoms with E-state index in [9.17, 15) is 0 Å². The zero-order chi connectivity index (χ0) is 2.00. The van der Waals surface area contributed by atoms with Crippen LogP contribution in [0.3, 0.4) is 0 Å². The third-order valence-electron chi connectivity index (χ3n) is 0. The Bertz CT molecular complexity index is 6.00. The van der Waals surface area contributed by atoms with Gasteiger partial charge in [-0.1, -0.05) is 0 Å². The molecule has 1 nitrogen and oxygen atoms in total. The molecule has 2 N–H and O–H groups in total. The fourth-order valence-corrected chi connectivity index (χ4v) is 0. The van der Waals surface area contributed by atoms with E-state index in [4.69, 9.17) is 0 Å². The van der Waals surface area contributed by atoms with Gasteiger partial charge in [0.05, 0.1) is 0 Å². The van der Waals surface area contributed by atoms with E-state index in [-0.39, 0.29) is 37.7 Å². The topological polar surface area (TPSA) is 26.0 Å². The number of rotatable bonds is 0. The molecule has 4 heavy (non-hydrogen) atoms. The fourth-order valence-electron chi connectivity index (χ4n) is 0. The van der Waals surface area contributed by atoms with E-state index in [1.165, 1.54) is 0 Å². The first-order valence-electron chi connectivity index (χ1n) is 0.218. The van der Waals surface area contributed by atoms with E-state index in [1.54, 1.807) is 22.9 Å². The largest absolute Gasteiger partial charge is 1.00 e. The average Bonchev–Trinajstić information content (AvgIpc) is 1.00. The molecule has 0 bridgehead atoms. The Kier molecular flexibility index (Phi) is 87.5. The summed E-state index contributed by atoms with van der Waals surface area (Å²) in [6.45, 7) is 0. The molecule has 0 aliphatic heterocycles. The molecule has 0 amide bonds. The van der Waals surface area contributed by atoms with Crippen LogP contribution in [0, 0.1) is 0 Å². The van der Waals surface area contributed by atoms with Crippen LogP contribution in [0.25, 0.3) is 0 Å². The summed E-state index contributed by atoms with van der Waals surface area (Å²) in [6, 6.07) is 0. The van der Waals surface area contributed by atoms with Gasteiger partial charge in [-0.05, 0) is 0 Å². The summed E-state index contributed by atoms with van der Waals surface area (Å²) < 4.78 is 4.47. The molecule has 0 saturated carbocycles. The van der Waals surface area contributed by atoms with Crippen LogP contribution in [-0.2, 0) is 0 Å². The van der Waals surface area contributed by atoms with E-state index < -0.39 is 0 Å². The van der Waals surface area contributed by atoms with Gasteiger partial charge in [0, 0.05) is 22.9 Å². The van der Waals surface area contributed by atoms with Crippen LogP contribution in [0.4, 0.5) is 0 Å². The first kappa shape index (κ1) is 16.9. The second-order valence-electron chi connectivity index (χ2n) is 0. The Balaban J connectivity index is -0.00000000500. The van der Waals surface area contributed by atoms with Gasteiger partial charge in [0.25, 0.3) is 0 Å². The molecule has 0 aromatic carbocycles. The smallest absolute Gasteiger partial charge is 0.275 e. The molecule has 0 fully saturated rings. The minimum absolute atomic E-state index is 0. The Morgan fingerprint density at radius 2 is 1.00 bits per heavy atom. The maximum absolute atomic E-state index is 4.47. The summed E-state index contributed by atoms with van der Waals surface area (Å²) in [5.74, 6) is 0. The standard InChI is InChI=1S/H2IN.2Li/c1-2;;/h2H2;;/q;2*+1. The molecular formula is H2ILi2N+2. The third-order valence-corrected chi connectivity index (χ3v) is 0. The molecule has 0 aromatic rings. The van der Waals surface area contributed by atoms with Crippen molar-refractivity contribution in [2.45, 2.75) is 0 Å². The van der Waals surface area contributed by atoms with Crippen molar-refractivity contribution in [2.75, 3.05) is 0 Å². The SMILES string of the molecule is NI.[Li+].[Li+].